The van der Waals surface area contributed by atoms with E-state index in [1.54, 1.807) is 0 Å². The van der Waals surface area contributed by atoms with Crippen LogP contribution in [0.15, 0.2) is 144 Å². The van der Waals surface area contributed by atoms with Gasteiger partial charge in [-0.25, -0.2) is 4.98 Å². The van der Waals surface area contributed by atoms with Crippen molar-refractivity contribution in [2.45, 2.75) is 26.2 Å². The second-order valence-electron chi connectivity index (χ2n) is 13.5. The molecule has 5 aromatic carbocycles. The van der Waals surface area contributed by atoms with Crippen molar-refractivity contribution in [3.63, 3.8) is 0 Å². The molecule has 48 heavy (non-hydrogen) atoms. The van der Waals surface area contributed by atoms with Crippen LogP contribution in [0.2, 0.25) is 0 Å². The Morgan fingerprint density at radius 3 is 2.17 bits per heavy atom. The summed E-state index contributed by atoms with van der Waals surface area (Å²) in [6, 6.07) is 41.9. The molecule has 8 aromatic rings. The van der Waals surface area contributed by atoms with Gasteiger partial charge in [0.25, 0.3) is 0 Å². The van der Waals surface area contributed by atoms with Gasteiger partial charge in [0.15, 0.2) is 0 Å². The van der Waals surface area contributed by atoms with Crippen LogP contribution in [-0.4, -0.2) is 16.2 Å². The van der Waals surface area contributed by atoms with Gasteiger partial charge in [0, 0.05) is 69.7 Å². The molecular weight excluding hydrogens is 592 g/mol. The Hall–Kier alpha value is -6.01. The Bertz CT molecular complexity index is 2520. The number of hydrogen-bond acceptors (Lipinski definition) is 5. The first kappa shape index (κ1) is 28.2. The molecule has 6 nitrogen and oxygen atoms in total. The molecule has 0 saturated heterocycles. The second kappa shape index (κ2) is 10.8. The molecule has 1 aliphatic rings. The molecule has 0 aliphatic carbocycles. The maximum atomic E-state index is 6.71. The molecule has 0 amide bonds. The fourth-order valence-corrected chi connectivity index (χ4v) is 6.74. The SMILES string of the molecule is CC(C)(C)c1cc(Oc2ccc3c4ccccc4n(-c4cc5oc6ccccc6c5cn4)c3c2)cc(N2C=CN(c3ccccc3)C2)c1. The third kappa shape index (κ3) is 4.76. The summed E-state index contributed by atoms with van der Waals surface area (Å²) in [6.45, 7) is 7.44. The molecule has 9 rings (SSSR count). The molecule has 4 heterocycles. The van der Waals surface area contributed by atoms with Gasteiger partial charge in [-0.05, 0) is 59.5 Å². The topological polar surface area (TPSA) is 46.7 Å². The highest BCUT2D eigenvalue weighted by Gasteiger charge is 2.22. The molecule has 0 N–H and O–H groups in total. The van der Waals surface area contributed by atoms with Crippen LogP contribution in [0, 0.1) is 0 Å². The summed E-state index contributed by atoms with van der Waals surface area (Å²) in [5, 5.41) is 4.37. The first-order valence-electron chi connectivity index (χ1n) is 16.3. The monoisotopic (exact) mass is 626 g/mol. The Kier molecular flexibility index (Phi) is 6.34. The zero-order valence-corrected chi connectivity index (χ0v) is 27.1. The molecule has 0 atom stereocenters. The van der Waals surface area contributed by atoms with Gasteiger partial charge >= 0.3 is 0 Å². The Balaban J connectivity index is 1.12. The molecule has 3 aromatic heterocycles. The van der Waals surface area contributed by atoms with E-state index in [-0.39, 0.29) is 5.41 Å². The van der Waals surface area contributed by atoms with Gasteiger partial charge in [-0.1, -0.05) is 75.4 Å². The van der Waals surface area contributed by atoms with Crippen LogP contribution < -0.4 is 14.5 Å². The third-order valence-corrected chi connectivity index (χ3v) is 9.27. The highest BCUT2D eigenvalue weighted by atomic mass is 16.5. The summed E-state index contributed by atoms with van der Waals surface area (Å²) in [5.74, 6) is 2.36. The molecular formula is C42H34N4O2. The minimum absolute atomic E-state index is 0.0615. The summed E-state index contributed by atoms with van der Waals surface area (Å²) in [6.07, 6.45) is 6.18. The predicted octanol–water partition coefficient (Wildman–Crippen LogP) is 10.9. The summed E-state index contributed by atoms with van der Waals surface area (Å²) in [7, 11) is 0. The van der Waals surface area contributed by atoms with Crippen molar-refractivity contribution in [3.05, 3.63) is 145 Å². The van der Waals surface area contributed by atoms with E-state index in [1.807, 2.05) is 36.5 Å². The maximum Gasteiger partial charge on any atom is 0.141 e. The molecule has 0 radical (unpaired) electrons. The van der Waals surface area contributed by atoms with E-state index in [0.717, 1.165) is 79.1 Å². The van der Waals surface area contributed by atoms with Crippen molar-refractivity contribution in [1.82, 2.24) is 9.55 Å². The van der Waals surface area contributed by atoms with Crippen LogP contribution in [0.25, 0.3) is 49.6 Å². The van der Waals surface area contributed by atoms with E-state index in [4.69, 9.17) is 14.1 Å². The lowest BCUT2D eigenvalue weighted by Crippen LogP contribution is -2.25. The first-order valence-corrected chi connectivity index (χ1v) is 16.3. The van der Waals surface area contributed by atoms with Crippen molar-refractivity contribution in [1.29, 1.82) is 0 Å². The summed E-state index contributed by atoms with van der Waals surface area (Å²) < 4.78 is 15.2. The molecule has 0 bridgehead atoms. The lowest BCUT2D eigenvalue weighted by Gasteiger charge is -2.25. The van der Waals surface area contributed by atoms with Crippen LogP contribution in [0.4, 0.5) is 11.4 Å². The molecule has 234 valence electrons. The lowest BCUT2D eigenvalue weighted by atomic mass is 9.86. The average molecular weight is 627 g/mol. The van der Waals surface area contributed by atoms with E-state index in [0.29, 0.717) is 0 Å². The van der Waals surface area contributed by atoms with E-state index >= 15 is 0 Å². The first-order chi connectivity index (χ1) is 23.4. The van der Waals surface area contributed by atoms with Crippen molar-refractivity contribution < 1.29 is 9.15 Å². The van der Waals surface area contributed by atoms with Gasteiger partial charge in [-0.2, -0.15) is 0 Å². The third-order valence-electron chi connectivity index (χ3n) is 9.27. The number of ether oxygens (including phenoxy) is 1. The van der Waals surface area contributed by atoms with E-state index in [1.165, 1.54) is 5.56 Å². The van der Waals surface area contributed by atoms with E-state index in [9.17, 15) is 0 Å². The highest BCUT2D eigenvalue weighted by Crippen LogP contribution is 2.39. The Morgan fingerprint density at radius 2 is 1.33 bits per heavy atom. The maximum absolute atomic E-state index is 6.71. The number of rotatable bonds is 5. The van der Waals surface area contributed by atoms with Crippen molar-refractivity contribution in [2.75, 3.05) is 16.5 Å². The standard InChI is InChI=1S/C42H34N4O2/c1-42(2,3)28-21-30(45-20-19-44(27-45)29-11-5-4-6-12-29)23-32(22-28)47-31-17-18-34-33-13-7-9-15-37(33)46(38(34)24-31)41-25-40-36(26-43-41)35-14-8-10-16-39(35)48-40/h4-26H,27H2,1-3H3. The summed E-state index contributed by atoms with van der Waals surface area (Å²) in [4.78, 5) is 9.46. The quantitative estimate of drug-likeness (QED) is 0.190. The van der Waals surface area contributed by atoms with Crippen molar-refractivity contribution in [3.8, 4) is 17.3 Å². The molecule has 1 aliphatic heterocycles. The van der Waals surface area contributed by atoms with Crippen LogP contribution in [-0.2, 0) is 5.41 Å². The van der Waals surface area contributed by atoms with Gasteiger partial charge in [0.1, 0.15) is 28.5 Å². The van der Waals surface area contributed by atoms with E-state index in [2.05, 4.69) is 139 Å². The smallest absolute Gasteiger partial charge is 0.141 e. The number of anilines is 2. The zero-order chi connectivity index (χ0) is 32.4. The number of aromatic nitrogens is 2. The van der Waals surface area contributed by atoms with Crippen LogP contribution in [0.5, 0.6) is 11.5 Å². The number of benzene rings is 5. The zero-order valence-electron chi connectivity index (χ0n) is 27.1. The largest absolute Gasteiger partial charge is 0.457 e. The van der Waals surface area contributed by atoms with Gasteiger partial charge in [0.05, 0.1) is 17.7 Å². The molecule has 0 fully saturated rings. The molecule has 0 unspecified atom stereocenters. The number of furan rings is 1. The predicted molar refractivity (Wildman–Crippen MR) is 196 cm³/mol. The number of hydrogen-bond donors (Lipinski definition) is 0. The van der Waals surface area contributed by atoms with Gasteiger partial charge in [-0.15, -0.1) is 0 Å². The van der Waals surface area contributed by atoms with Gasteiger partial charge in [0.2, 0.25) is 0 Å². The van der Waals surface area contributed by atoms with Crippen molar-refractivity contribution >= 4 is 55.1 Å². The van der Waals surface area contributed by atoms with E-state index < -0.39 is 0 Å². The Labute approximate surface area is 278 Å². The minimum atomic E-state index is -0.0615. The number of fused-ring (bicyclic) bond motifs is 6. The summed E-state index contributed by atoms with van der Waals surface area (Å²) >= 11 is 0. The lowest BCUT2D eigenvalue weighted by molar-refractivity contribution is 0.479. The minimum Gasteiger partial charge on any atom is -0.457 e. The van der Waals surface area contributed by atoms with Crippen LogP contribution >= 0.6 is 0 Å². The fourth-order valence-electron chi connectivity index (χ4n) is 6.74. The van der Waals surface area contributed by atoms with Gasteiger partial charge in [-0.3, -0.25) is 4.57 Å². The molecule has 0 saturated carbocycles. The van der Waals surface area contributed by atoms with Crippen LogP contribution in [0.1, 0.15) is 26.3 Å². The highest BCUT2D eigenvalue weighted by molar-refractivity contribution is 6.10. The normalized spacial score (nSPS) is 13.5. The fraction of sp³-hybridized carbons (Fsp3) is 0.119. The number of nitrogens with zero attached hydrogens (tertiary/aromatic N) is 4. The summed E-state index contributed by atoms with van der Waals surface area (Å²) in [5.41, 5.74) is 7.17. The number of pyridine rings is 1. The number of para-hydroxylation sites is 3. The second-order valence-corrected chi connectivity index (χ2v) is 13.5. The molecule has 6 heteroatoms. The van der Waals surface area contributed by atoms with Crippen LogP contribution in [0.3, 0.4) is 0 Å². The van der Waals surface area contributed by atoms with Crippen molar-refractivity contribution in [2.24, 2.45) is 0 Å². The Morgan fingerprint density at radius 1 is 0.604 bits per heavy atom. The molecule has 0 spiro atoms. The van der Waals surface area contributed by atoms with Gasteiger partial charge < -0.3 is 19.0 Å². The average Bonchev–Trinajstić information content (AvgIpc) is 3.82.